The fourth-order valence-electron chi connectivity index (χ4n) is 2.19. The highest BCUT2D eigenvalue weighted by molar-refractivity contribution is 7.89. The van der Waals surface area contributed by atoms with Gasteiger partial charge in [-0.3, -0.25) is 0 Å². The lowest BCUT2D eigenvalue weighted by atomic mass is 10.1. The van der Waals surface area contributed by atoms with Crippen LogP contribution in [0.25, 0.3) is 0 Å². The molecule has 20 heavy (non-hydrogen) atoms. The van der Waals surface area contributed by atoms with Crippen LogP contribution in [0.4, 0.5) is 0 Å². The Bertz CT molecular complexity index is 627. The van der Waals surface area contributed by atoms with E-state index >= 15 is 0 Å². The predicted molar refractivity (Wildman–Crippen MR) is 77.4 cm³/mol. The van der Waals surface area contributed by atoms with E-state index in [-0.39, 0.29) is 18.0 Å². The summed E-state index contributed by atoms with van der Waals surface area (Å²) in [5.41, 5.74) is 1.21. The molecular formula is C15H19NO3S. The molecule has 1 fully saturated rings. The van der Waals surface area contributed by atoms with Crippen molar-refractivity contribution in [2.45, 2.75) is 31.3 Å². The Morgan fingerprint density at radius 2 is 2.15 bits per heavy atom. The van der Waals surface area contributed by atoms with Crippen LogP contribution in [0.3, 0.4) is 0 Å². The van der Waals surface area contributed by atoms with Gasteiger partial charge < -0.3 is 5.11 Å². The van der Waals surface area contributed by atoms with Crippen LogP contribution in [0.15, 0.2) is 23.1 Å². The summed E-state index contributed by atoms with van der Waals surface area (Å²) in [6.07, 6.45) is 7.42. The molecule has 0 amide bonds. The van der Waals surface area contributed by atoms with E-state index in [0.29, 0.717) is 23.6 Å². The fraction of sp³-hybridized carbons (Fsp3) is 0.467. The van der Waals surface area contributed by atoms with Crippen molar-refractivity contribution in [1.29, 1.82) is 0 Å². The normalized spacial score (nSPS) is 15.3. The van der Waals surface area contributed by atoms with Crippen LogP contribution in [-0.4, -0.2) is 30.9 Å². The average Bonchev–Trinajstić information content (AvgIpc) is 3.22. The van der Waals surface area contributed by atoms with Crippen LogP contribution in [0.5, 0.6) is 0 Å². The van der Waals surface area contributed by atoms with E-state index in [9.17, 15) is 13.5 Å². The maximum Gasteiger partial charge on any atom is 0.244 e. The number of aliphatic hydroxyl groups excluding tert-OH is 1. The molecule has 1 N–H and O–H groups in total. The van der Waals surface area contributed by atoms with Crippen molar-refractivity contribution in [3.8, 4) is 12.3 Å². The Morgan fingerprint density at radius 3 is 2.70 bits per heavy atom. The van der Waals surface area contributed by atoms with Gasteiger partial charge >= 0.3 is 0 Å². The number of aliphatic hydroxyl groups is 1. The van der Waals surface area contributed by atoms with Crippen LogP contribution in [0, 0.1) is 25.2 Å². The summed E-state index contributed by atoms with van der Waals surface area (Å²) >= 11 is 0. The molecule has 0 aliphatic heterocycles. The van der Waals surface area contributed by atoms with Gasteiger partial charge in [0.2, 0.25) is 10.0 Å². The number of sulfonamides is 1. The first-order valence-corrected chi connectivity index (χ1v) is 8.07. The van der Waals surface area contributed by atoms with Crippen LogP contribution >= 0.6 is 0 Å². The second kappa shape index (κ2) is 5.96. The van der Waals surface area contributed by atoms with E-state index in [0.717, 1.165) is 12.8 Å². The van der Waals surface area contributed by atoms with Gasteiger partial charge in [-0.15, -0.1) is 6.42 Å². The third kappa shape index (κ3) is 3.04. The van der Waals surface area contributed by atoms with Gasteiger partial charge in [0, 0.05) is 6.54 Å². The Labute approximate surface area is 120 Å². The number of rotatable bonds is 6. The molecule has 0 heterocycles. The molecule has 0 unspecified atom stereocenters. The van der Waals surface area contributed by atoms with Gasteiger partial charge in [0.15, 0.2) is 0 Å². The summed E-state index contributed by atoms with van der Waals surface area (Å²) in [5.74, 6) is 2.85. The smallest absolute Gasteiger partial charge is 0.244 e. The Hall–Kier alpha value is -1.35. The van der Waals surface area contributed by atoms with Crippen molar-refractivity contribution < 1.29 is 13.5 Å². The van der Waals surface area contributed by atoms with Gasteiger partial charge in [0.05, 0.1) is 18.0 Å². The third-order valence-corrected chi connectivity index (χ3v) is 5.57. The molecule has 0 atom stereocenters. The van der Waals surface area contributed by atoms with Crippen LogP contribution < -0.4 is 0 Å². The van der Waals surface area contributed by atoms with Crippen molar-refractivity contribution >= 4 is 10.0 Å². The van der Waals surface area contributed by atoms with Crippen molar-refractivity contribution in [2.75, 3.05) is 13.1 Å². The zero-order chi connectivity index (χ0) is 14.8. The zero-order valence-electron chi connectivity index (χ0n) is 11.5. The molecule has 0 spiro atoms. The zero-order valence-corrected chi connectivity index (χ0v) is 12.4. The molecule has 5 heteroatoms. The molecule has 1 aliphatic rings. The highest BCUT2D eigenvalue weighted by atomic mass is 32.2. The van der Waals surface area contributed by atoms with Gasteiger partial charge in [-0.05, 0) is 42.9 Å². The van der Waals surface area contributed by atoms with Gasteiger partial charge in [0.25, 0.3) is 0 Å². The Morgan fingerprint density at radius 1 is 1.45 bits per heavy atom. The molecule has 1 saturated carbocycles. The van der Waals surface area contributed by atoms with Gasteiger partial charge in [-0.1, -0.05) is 18.1 Å². The number of hydrogen-bond donors (Lipinski definition) is 1. The quantitative estimate of drug-likeness (QED) is 0.809. The summed E-state index contributed by atoms with van der Waals surface area (Å²) < 4.78 is 26.8. The number of hydrogen-bond acceptors (Lipinski definition) is 3. The maximum atomic E-state index is 12.7. The first-order valence-electron chi connectivity index (χ1n) is 6.63. The van der Waals surface area contributed by atoms with E-state index in [1.54, 1.807) is 25.1 Å². The molecule has 1 aromatic carbocycles. The highest BCUT2D eigenvalue weighted by Gasteiger charge is 2.32. The van der Waals surface area contributed by atoms with Crippen molar-refractivity contribution in [3.63, 3.8) is 0 Å². The second-order valence-electron chi connectivity index (χ2n) is 5.14. The van der Waals surface area contributed by atoms with Gasteiger partial charge in [-0.2, -0.15) is 4.31 Å². The molecular weight excluding hydrogens is 274 g/mol. The topological polar surface area (TPSA) is 57.6 Å². The van der Waals surface area contributed by atoms with E-state index in [1.165, 1.54) is 4.31 Å². The minimum atomic E-state index is -3.60. The number of benzene rings is 1. The van der Waals surface area contributed by atoms with Crippen molar-refractivity contribution in [2.24, 2.45) is 5.92 Å². The minimum absolute atomic E-state index is 0.0849. The van der Waals surface area contributed by atoms with Crippen molar-refractivity contribution in [1.82, 2.24) is 4.31 Å². The highest BCUT2D eigenvalue weighted by Crippen LogP contribution is 2.32. The molecule has 0 aromatic heterocycles. The van der Waals surface area contributed by atoms with E-state index in [2.05, 4.69) is 5.92 Å². The predicted octanol–water partition coefficient (Wildman–Crippen LogP) is 1.52. The SMILES string of the molecule is C#CCN(CC1CC1)S(=O)(=O)c1cccc(CO)c1C. The number of terminal acetylenes is 1. The monoisotopic (exact) mass is 293 g/mol. The lowest BCUT2D eigenvalue weighted by Gasteiger charge is -2.21. The summed E-state index contributed by atoms with van der Waals surface area (Å²) in [6, 6.07) is 4.94. The fourth-order valence-corrected chi connectivity index (χ4v) is 3.89. The third-order valence-electron chi connectivity index (χ3n) is 3.61. The first kappa shape index (κ1) is 15.0. The molecule has 0 saturated heterocycles. The minimum Gasteiger partial charge on any atom is -0.392 e. The van der Waals surface area contributed by atoms with Crippen LogP contribution in [0.1, 0.15) is 24.0 Å². The summed E-state index contributed by atoms with van der Waals surface area (Å²) in [5, 5.41) is 9.27. The van der Waals surface area contributed by atoms with Gasteiger partial charge in [-0.25, -0.2) is 8.42 Å². The Balaban J connectivity index is 2.39. The largest absolute Gasteiger partial charge is 0.392 e. The van der Waals surface area contributed by atoms with E-state index in [4.69, 9.17) is 6.42 Å². The summed E-state index contributed by atoms with van der Waals surface area (Å²) in [6.45, 7) is 2.10. The maximum absolute atomic E-state index is 12.7. The standard InChI is InChI=1S/C15H19NO3S/c1-3-9-16(10-13-7-8-13)20(18,19)15-6-4-5-14(11-17)12(15)2/h1,4-6,13,17H,7-11H2,2H3. The lowest BCUT2D eigenvalue weighted by Crippen LogP contribution is -2.33. The molecule has 0 bridgehead atoms. The summed E-state index contributed by atoms with van der Waals surface area (Å²) in [7, 11) is -3.60. The van der Waals surface area contributed by atoms with Gasteiger partial charge in [0.1, 0.15) is 0 Å². The molecule has 0 radical (unpaired) electrons. The lowest BCUT2D eigenvalue weighted by molar-refractivity contribution is 0.280. The molecule has 2 rings (SSSR count). The van der Waals surface area contributed by atoms with Crippen LogP contribution in [-0.2, 0) is 16.6 Å². The molecule has 108 valence electrons. The van der Waals surface area contributed by atoms with Crippen LogP contribution in [0.2, 0.25) is 0 Å². The molecule has 4 nitrogen and oxygen atoms in total. The molecule has 1 aromatic rings. The summed E-state index contributed by atoms with van der Waals surface area (Å²) in [4.78, 5) is 0.236. The molecule has 1 aliphatic carbocycles. The first-order chi connectivity index (χ1) is 9.50. The second-order valence-corrected chi connectivity index (χ2v) is 7.05. The van der Waals surface area contributed by atoms with Crippen molar-refractivity contribution in [3.05, 3.63) is 29.3 Å². The number of nitrogens with zero attached hydrogens (tertiary/aromatic N) is 1. The Kier molecular flexibility index (Phi) is 4.48. The van der Waals surface area contributed by atoms with E-state index < -0.39 is 10.0 Å². The van der Waals surface area contributed by atoms with E-state index in [1.807, 2.05) is 0 Å². The average molecular weight is 293 g/mol.